The molecular weight excluding hydrogens is 937 g/mol. The number of rotatable bonds is 43. The molecule has 1 aliphatic rings. The van der Waals surface area contributed by atoms with E-state index in [2.05, 4.69) is 35.0 Å². The molecule has 19 nitrogen and oxygen atoms in total. The van der Waals surface area contributed by atoms with Gasteiger partial charge in [0, 0.05) is 12.8 Å². The van der Waals surface area contributed by atoms with Crippen molar-refractivity contribution < 1.29 is 90.6 Å². The molecule has 0 saturated heterocycles. The summed E-state index contributed by atoms with van der Waals surface area (Å²) in [6, 6.07) is 0. The molecule has 0 radical (unpaired) electrons. The van der Waals surface area contributed by atoms with Crippen LogP contribution >= 0.6 is 23.5 Å². The molecule has 0 spiro atoms. The minimum Gasteiger partial charge on any atom is -0.462 e. The number of allylic oxidation sites excluding steroid dienone is 2. The fourth-order valence-corrected chi connectivity index (χ4v) is 9.91. The number of hydrogen-bond acceptors (Lipinski definition) is 14. The lowest BCUT2D eigenvalue weighted by Gasteiger charge is -2.44. The van der Waals surface area contributed by atoms with Gasteiger partial charge in [-0.25, -0.2) is 13.7 Å². The van der Waals surface area contributed by atoms with Gasteiger partial charge in [0.1, 0.15) is 43.2 Å². The van der Waals surface area contributed by atoms with Crippen LogP contribution in [0.4, 0.5) is 0 Å². The average Bonchev–Trinajstić information content (AvgIpc) is 3.25. The van der Waals surface area contributed by atoms with Gasteiger partial charge in [-0.15, -0.1) is 0 Å². The van der Waals surface area contributed by atoms with Crippen LogP contribution in [0.1, 0.15) is 206 Å². The van der Waals surface area contributed by atoms with E-state index in [-0.39, 0.29) is 12.8 Å². The van der Waals surface area contributed by atoms with Gasteiger partial charge >= 0.3 is 35.4 Å². The molecule has 0 aliphatic heterocycles. The summed E-state index contributed by atoms with van der Waals surface area (Å²) in [4.78, 5) is 73.3. The van der Waals surface area contributed by atoms with Crippen LogP contribution in [-0.2, 0) is 50.9 Å². The number of unbranched alkanes of at least 4 members (excludes halogenated alkanes) is 25. The predicted octanol–water partition coefficient (Wildman–Crippen LogP) is 9.29. The second-order valence-corrected chi connectivity index (χ2v) is 21.5. The molecule has 22 heteroatoms. The third-order valence-electron chi connectivity index (χ3n) is 11.6. The highest BCUT2D eigenvalue weighted by Crippen LogP contribution is 2.51. The zero-order valence-corrected chi connectivity index (χ0v) is 42.9. The Labute approximate surface area is 399 Å². The molecule has 0 aromatic heterocycles. The van der Waals surface area contributed by atoms with Gasteiger partial charge in [0.25, 0.3) is 0 Å². The molecule has 8 N–H and O–H groups in total. The Balaban J connectivity index is 2.71. The van der Waals surface area contributed by atoms with Crippen molar-refractivity contribution in [2.45, 2.75) is 249 Å². The van der Waals surface area contributed by atoms with E-state index in [0.29, 0.717) is 12.8 Å². The Morgan fingerprint density at radius 3 is 1.24 bits per heavy atom. The van der Waals surface area contributed by atoms with Crippen molar-refractivity contribution in [3.8, 4) is 0 Å². The van der Waals surface area contributed by atoms with Crippen LogP contribution in [0.15, 0.2) is 12.2 Å². The lowest BCUT2D eigenvalue weighted by atomic mass is 9.85. The first-order valence-corrected chi connectivity index (χ1v) is 29.5. The standard InChI is InChI=1S/C45H87O19P3/c1-3-5-7-9-11-13-15-17-19-21-23-25-27-29-31-33-38(46)59-35-37(61-39(47)34-32-30-28-26-24-22-20-18-16-14-12-10-8-6-4-2)36-60-67(57,58)64-43-40(48)41(49)44(62-65(51,52)53)45(42(43)50)63-66(54,55)56/h17,19,37,40-45,48-50H,3-16,18,20-36H2,1-2H3,(H,57,58)(H2,51,52,53)(H2,54,55,56). The molecule has 1 aliphatic carbocycles. The number of phosphoric ester groups is 3. The number of ether oxygens (including phenoxy) is 2. The highest BCUT2D eigenvalue weighted by molar-refractivity contribution is 7.47. The number of aliphatic hydroxyl groups is 3. The summed E-state index contributed by atoms with van der Waals surface area (Å²) in [5, 5.41) is 31.9. The fourth-order valence-electron chi connectivity index (χ4n) is 7.81. The summed E-state index contributed by atoms with van der Waals surface area (Å²) < 4.78 is 65.5. The summed E-state index contributed by atoms with van der Waals surface area (Å²) in [5.41, 5.74) is 0. The molecule has 1 fully saturated rings. The highest BCUT2D eigenvalue weighted by Gasteiger charge is 2.56. The number of aliphatic hydroxyl groups excluding tert-OH is 3. The largest absolute Gasteiger partial charge is 0.472 e. The first-order chi connectivity index (χ1) is 31.8. The monoisotopic (exact) mass is 1020 g/mol. The molecule has 8 unspecified atom stereocenters. The maximum Gasteiger partial charge on any atom is 0.472 e. The zero-order chi connectivity index (χ0) is 50.0. The molecular formula is C45H87O19P3. The number of phosphoric acid groups is 3. The summed E-state index contributed by atoms with van der Waals surface area (Å²) in [6.07, 6.45) is 19.4. The maximum absolute atomic E-state index is 13.1. The summed E-state index contributed by atoms with van der Waals surface area (Å²) in [7, 11) is -16.6. The Morgan fingerprint density at radius 2 is 0.821 bits per heavy atom. The van der Waals surface area contributed by atoms with E-state index in [0.717, 1.165) is 64.2 Å². The number of carbonyl (C=O) groups is 2. The van der Waals surface area contributed by atoms with Crippen molar-refractivity contribution in [3.05, 3.63) is 12.2 Å². The Hall–Kier alpha value is -1.11. The van der Waals surface area contributed by atoms with E-state index < -0.39 is 91.3 Å². The quantitative estimate of drug-likeness (QED) is 0.0122. The second-order valence-electron chi connectivity index (χ2n) is 17.8. The molecule has 0 bridgehead atoms. The highest BCUT2D eigenvalue weighted by atomic mass is 31.2. The second kappa shape index (κ2) is 37.6. The van der Waals surface area contributed by atoms with Crippen LogP contribution in [0, 0.1) is 0 Å². The summed E-state index contributed by atoms with van der Waals surface area (Å²) in [6.45, 7) is 2.95. The van der Waals surface area contributed by atoms with Gasteiger partial charge in [0.05, 0.1) is 6.61 Å². The van der Waals surface area contributed by atoms with Gasteiger partial charge in [-0.3, -0.25) is 27.7 Å². The molecule has 1 rings (SSSR count). The maximum atomic E-state index is 13.1. The van der Waals surface area contributed by atoms with Crippen LogP contribution in [-0.4, -0.2) is 108 Å². The molecule has 0 aromatic carbocycles. The van der Waals surface area contributed by atoms with E-state index in [1.807, 2.05) is 0 Å². The Kier molecular flexibility index (Phi) is 35.9. The van der Waals surface area contributed by atoms with Gasteiger partial charge in [0.15, 0.2) is 6.10 Å². The van der Waals surface area contributed by atoms with Crippen LogP contribution in [0.5, 0.6) is 0 Å². The average molecular weight is 1030 g/mol. The first kappa shape index (κ1) is 63.9. The van der Waals surface area contributed by atoms with Crippen molar-refractivity contribution in [3.63, 3.8) is 0 Å². The molecule has 0 aromatic rings. The minimum atomic E-state index is -5.60. The molecule has 1 saturated carbocycles. The van der Waals surface area contributed by atoms with E-state index in [9.17, 15) is 63.1 Å². The van der Waals surface area contributed by atoms with Gasteiger partial charge in [-0.05, 0) is 38.5 Å². The summed E-state index contributed by atoms with van der Waals surface area (Å²) in [5.74, 6) is -1.30. The smallest absolute Gasteiger partial charge is 0.462 e. The Morgan fingerprint density at radius 1 is 0.463 bits per heavy atom. The topological polar surface area (TPSA) is 303 Å². The van der Waals surface area contributed by atoms with Crippen molar-refractivity contribution >= 4 is 35.4 Å². The SMILES string of the molecule is CCCCCCCCC=CCCCCCCCC(=O)OCC(COP(=O)(O)OC1C(O)C(O)C(OP(=O)(O)O)C(OP(=O)(O)O)C1O)OC(=O)CCCCCCCCCCCCCCCCC. The van der Waals surface area contributed by atoms with Crippen LogP contribution < -0.4 is 0 Å². The van der Waals surface area contributed by atoms with Crippen LogP contribution in [0.2, 0.25) is 0 Å². The Bertz CT molecular complexity index is 1460. The van der Waals surface area contributed by atoms with E-state index >= 15 is 0 Å². The van der Waals surface area contributed by atoms with E-state index in [1.165, 1.54) is 103 Å². The van der Waals surface area contributed by atoms with E-state index in [4.69, 9.17) is 18.5 Å². The predicted molar refractivity (Wildman–Crippen MR) is 252 cm³/mol. The number of hydrogen-bond donors (Lipinski definition) is 8. The molecule has 396 valence electrons. The first-order valence-electron chi connectivity index (χ1n) is 25.0. The molecule has 8 atom stereocenters. The van der Waals surface area contributed by atoms with Crippen LogP contribution in [0.25, 0.3) is 0 Å². The van der Waals surface area contributed by atoms with Gasteiger partial charge in [-0.2, -0.15) is 0 Å². The van der Waals surface area contributed by atoms with E-state index in [1.54, 1.807) is 0 Å². The van der Waals surface area contributed by atoms with Crippen molar-refractivity contribution in [1.82, 2.24) is 0 Å². The third kappa shape index (κ3) is 34.0. The fraction of sp³-hybridized carbons (Fsp3) is 0.911. The normalized spacial score (nSPS) is 21.6. The number of carbonyl (C=O) groups excluding carboxylic acids is 2. The third-order valence-corrected chi connectivity index (χ3v) is 13.6. The number of esters is 2. The summed E-state index contributed by atoms with van der Waals surface area (Å²) >= 11 is 0. The molecule has 67 heavy (non-hydrogen) atoms. The van der Waals surface area contributed by atoms with Crippen molar-refractivity contribution in [2.24, 2.45) is 0 Å². The van der Waals surface area contributed by atoms with Crippen molar-refractivity contribution in [2.75, 3.05) is 13.2 Å². The lowest BCUT2D eigenvalue weighted by molar-refractivity contribution is -0.213. The van der Waals surface area contributed by atoms with Crippen molar-refractivity contribution in [1.29, 1.82) is 0 Å². The molecule has 0 heterocycles. The van der Waals surface area contributed by atoms with Gasteiger partial charge in [-0.1, -0.05) is 167 Å². The van der Waals surface area contributed by atoms with Gasteiger partial charge in [0.2, 0.25) is 0 Å². The lowest BCUT2D eigenvalue weighted by Crippen LogP contribution is -2.65. The zero-order valence-electron chi connectivity index (χ0n) is 40.2. The van der Waals surface area contributed by atoms with Gasteiger partial charge < -0.3 is 49.3 Å². The minimum absolute atomic E-state index is 0.00204. The van der Waals surface area contributed by atoms with Crippen LogP contribution in [0.3, 0.4) is 0 Å². The molecule has 0 amide bonds.